The lowest BCUT2D eigenvalue weighted by atomic mass is 10.1. The molecule has 0 aliphatic rings. The van der Waals surface area contributed by atoms with Gasteiger partial charge in [-0.15, -0.1) is 12.4 Å². The molecular weight excluding hydrogens is 231 g/mol. The maximum absolute atomic E-state index is 13.5. The van der Waals surface area contributed by atoms with Gasteiger partial charge in [-0.2, -0.15) is 0 Å². The summed E-state index contributed by atoms with van der Waals surface area (Å²) >= 11 is 0. The van der Waals surface area contributed by atoms with Gasteiger partial charge in [-0.1, -0.05) is 12.1 Å². The van der Waals surface area contributed by atoms with Crippen molar-refractivity contribution in [2.24, 2.45) is 5.73 Å². The molecule has 0 spiro atoms. The Kier molecular flexibility index (Phi) is 6.00. The Balaban J connectivity index is 0.00000225. The van der Waals surface area contributed by atoms with E-state index in [1.807, 2.05) is 0 Å². The summed E-state index contributed by atoms with van der Waals surface area (Å²) in [6.45, 7) is 3.73. The molecule has 90 valence electrons. The highest BCUT2D eigenvalue weighted by Gasteiger charge is 2.14. The van der Waals surface area contributed by atoms with Gasteiger partial charge in [0.2, 0.25) is 0 Å². The third-order valence-corrected chi connectivity index (χ3v) is 2.17. The minimum Gasteiger partial charge on any atom is -0.348 e. The second-order valence-corrected chi connectivity index (χ2v) is 3.55. The number of benzene rings is 1. The van der Waals surface area contributed by atoms with Crippen molar-refractivity contribution in [1.29, 1.82) is 0 Å². The summed E-state index contributed by atoms with van der Waals surface area (Å²) in [7, 11) is 0. The molecule has 16 heavy (non-hydrogen) atoms. The average Bonchev–Trinajstić information content (AvgIpc) is 2.21. The fourth-order valence-electron chi connectivity index (χ4n) is 1.18. The van der Waals surface area contributed by atoms with Crippen LogP contribution in [0.1, 0.15) is 22.8 Å². The Bertz CT molecular complexity index is 371. The lowest BCUT2D eigenvalue weighted by Gasteiger charge is -2.12. The molecule has 0 fully saturated rings. The van der Waals surface area contributed by atoms with Crippen LogP contribution < -0.4 is 11.1 Å². The minimum atomic E-state index is -0.473. The number of rotatable bonds is 3. The number of nitrogens with two attached hydrogens (primary N) is 1. The maximum Gasteiger partial charge on any atom is 0.254 e. The van der Waals surface area contributed by atoms with Gasteiger partial charge in [-0.3, -0.25) is 4.79 Å². The van der Waals surface area contributed by atoms with Crippen molar-refractivity contribution in [1.82, 2.24) is 5.32 Å². The first-order valence-corrected chi connectivity index (χ1v) is 4.82. The molecule has 1 aromatic rings. The topological polar surface area (TPSA) is 55.1 Å². The minimum absolute atomic E-state index is 0. The van der Waals surface area contributed by atoms with Crippen molar-refractivity contribution in [2.75, 3.05) is 6.54 Å². The van der Waals surface area contributed by atoms with Gasteiger partial charge in [-0.25, -0.2) is 4.39 Å². The monoisotopic (exact) mass is 246 g/mol. The summed E-state index contributed by atoms with van der Waals surface area (Å²) in [5.41, 5.74) is 5.88. The SMILES string of the molecule is Cc1cccc(C(=O)N[C@@H](C)CN)c1F.Cl. The first-order valence-electron chi connectivity index (χ1n) is 4.82. The molecule has 5 heteroatoms. The number of halogens is 2. The van der Waals surface area contributed by atoms with E-state index in [2.05, 4.69) is 5.32 Å². The molecule has 1 amide bonds. The molecule has 3 N–H and O–H groups in total. The number of hydrogen-bond acceptors (Lipinski definition) is 2. The van der Waals surface area contributed by atoms with Gasteiger partial charge < -0.3 is 11.1 Å². The summed E-state index contributed by atoms with van der Waals surface area (Å²) < 4.78 is 13.5. The maximum atomic E-state index is 13.5. The quantitative estimate of drug-likeness (QED) is 0.852. The standard InChI is InChI=1S/C11H15FN2O.ClH/c1-7-4-3-5-9(10(7)12)11(15)14-8(2)6-13;/h3-5,8H,6,13H2,1-2H3,(H,14,15);1H/t8-;/m0./s1. The fraction of sp³-hybridized carbons (Fsp3) is 0.364. The number of hydrogen-bond donors (Lipinski definition) is 2. The largest absolute Gasteiger partial charge is 0.348 e. The van der Waals surface area contributed by atoms with E-state index >= 15 is 0 Å². The van der Waals surface area contributed by atoms with Crippen LogP contribution >= 0.6 is 12.4 Å². The number of amides is 1. The van der Waals surface area contributed by atoms with Crippen molar-refractivity contribution in [3.8, 4) is 0 Å². The Labute approximate surface area is 101 Å². The number of carbonyl (C=O) groups is 1. The molecule has 1 aromatic carbocycles. The van der Waals surface area contributed by atoms with Crippen molar-refractivity contribution in [3.63, 3.8) is 0 Å². The van der Waals surface area contributed by atoms with Crippen LogP contribution in [0.2, 0.25) is 0 Å². The van der Waals surface area contributed by atoms with Crippen molar-refractivity contribution in [3.05, 3.63) is 35.1 Å². The van der Waals surface area contributed by atoms with E-state index < -0.39 is 11.7 Å². The molecule has 0 bridgehead atoms. The molecule has 0 saturated carbocycles. The van der Waals surface area contributed by atoms with Crippen molar-refractivity contribution in [2.45, 2.75) is 19.9 Å². The first-order chi connectivity index (χ1) is 7.06. The lowest BCUT2D eigenvalue weighted by molar-refractivity contribution is 0.0937. The highest BCUT2D eigenvalue weighted by Crippen LogP contribution is 2.11. The van der Waals surface area contributed by atoms with E-state index in [1.165, 1.54) is 6.07 Å². The zero-order chi connectivity index (χ0) is 11.4. The van der Waals surface area contributed by atoms with E-state index in [9.17, 15) is 9.18 Å². The van der Waals surface area contributed by atoms with Gasteiger partial charge in [0.05, 0.1) is 5.56 Å². The highest BCUT2D eigenvalue weighted by atomic mass is 35.5. The van der Waals surface area contributed by atoms with E-state index in [0.29, 0.717) is 12.1 Å². The average molecular weight is 247 g/mol. The van der Waals surface area contributed by atoms with Crippen LogP contribution in [0.3, 0.4) is 0 Å². The van der Waals surface area contributed by atoms with Crippen molar-refractivity contribution >= 4 is 18.3 Å². The highest BCUT2D eigenvalue weighted by molar-refractivity contribution is 5.94. The number of nitrogens with one attached hydrogen (secondary N) is 1. The van der Waals surface area contributed by atoms with Crippen LogP contribution in [-0.4, -0.2) is 18.5 Å². The number of aryl methyl sites for hydroxylation is 1. The second-order valence-electron chi connectivity index (χ2n) is 3.55. The van der Waals surface area contributed by atoms with E-state index in [1.54, 1.807) is 26.0 Å². The Morgan fingerprint density at radius 3 is 2.75 bits per heavy atom. The molecule has 1 atom stereocenters. The van der Waals surface area contributed by atoms with E-state index in [4.69, 9.17) is 5.73 Å². The molecule has 1 rings (SSSR count). The van der Waals surface area contributed by atoms with Crippen molar-refractivity contribution < 1.29 is 9.18 Å². The Morgan fingerprint density at radius 2 is 2.19 bits per heavy atom. The van der Waals surface area contributed by atoms with Gasteiger partial charge in [0.1, 0.15) is 5.82 Å². The third kappa shape index (κ3) is 3.47. The van der Waals surface area contributed by atoms with E-state index in [-0.39, 0.29) is 24.0 Å². The molecular formula is C11H16ClFN2O. The fourth-order valence-corrected chi connectivity index (χ4v) is 1.18. The van der Waals surface area contributed by atoms with Crippen LogP contribution in [0.5, 0.6) is 0 Å². The summed E-state index contributed by atoms with van der Waals surface area (Å²) in [4.78, 5) is 11.6. The van der Waals surface area contributed by atoms with Gasteiger partial charge in [0.15, 0.2) is 0 Å². The van der Waals surface area contributed by atoms with Crippen LogP contribution in [0, 0.1) is 12.7 Å². The summed E-state index contributed by atoms with van der Waals surface area (Å²) in [6, 6.07) is 4.58. The molecule has 0 aromatic heterocycles. The normalized spacial score (nSPS) is 11.5. The third-order valence-electron chi connectivity index (χ3n) is 2.17. The summed E-state index contributed by atoms with van der Waals surface area (Å²) in [5, 5.41) is 2.61. The first kappa shape index (κ1) is 14.9. The van der Waals surface area contributed by atoms with Crippen LogP contribution in [0.25, 0.3) is 0 Å². The number of carbonyl (C=O) groups excluding carboxylic acids is 1. The molecule has 0 heterocycles. The predicted octanol–water partition coefficient (Wildman–Crippen LogP) is 1.63. The van der Waals surface area contributed by atoms with Gasteiger partial charge in [-0.05, 0) is 25.5 Å². The molecule has 0 unspecified atom stereocenters. The van der Waals surface area contributed by atoms with Crippen LogP contribution in [0.4, 0.5) is 4.39 Å². The molecule has 0 radical (unpaired) electrons. The molecule has 0 saturated heterocycles. The molecule has 3 nitrogen and oxygen atoms in total. The summed E-state index contributed by atoms with van der Waals surface area (Å²) in [5.74, 6) is -0.895. The van der Waals surface area contributed by atoms with Gasteiger partial charge in [0, 0.05) is 12.6 Å². The summed E-state index contributed by atoms with van der Waals surface area (Å²) in [6.07, 6.45) is 0. The van der Waals surface area contributed by atoms with E-state index in [0.717, 1.165) is 0 Å². The molecule has 0 aliphatic heterocycles. The predicted molar refractivity (Wildman–Crippen MR) is 64.4 cm³/mol. The smallest absolute Gasteiger partial charge is 0.254 e. The van der Waals surface area contributed by atoms with Gasteiger partial charge in [0.25, 0.3) is 5.91 Å². The van der Waals surface area contributed by atoms with Crippen LogP contribution in [0.15, 0.2) is 18.2 Å². The van der Waals surface area contributed by atoms with Crippen LogP contribution in [-0.2, 0) is 0 Å². The van der Waals surface area contributed by atoms with Gasteiger partial charge >= 0.3 is 0 Å². The second kappa shape index (κ2) is 6.45. The Morgan fingerprint density at radius 1 is 1.56 bits per heavy atom. The molecule has 0 aliphatic carbocycles. The zero-order valence-corrected chi connectivity index (χ0v) is 10.1. The lowest BCUT2D eigenvalue weighted by Crippen LogP contribution is -2.38. The zero-order valence-electron chi connectivity index (χ0n) is 9.29. The Hall–Kier alpha value is -1.13.